The van der Waals surface area contributed by atoms with E-state index in [-0.39, 0.29) is 12.8 Å². The highest BCUT2D eigenvalue weighted by molar-refractivity contribution is 7.13. The van der Waals surface area contributed by atoms with Gasteiger partial charge in [0.2, 0.25) is 5.91 Å². The topological polar surface area (TPSA) is 95.5 Å². The quantitative estimate of drug-likeness (QED) is 0.274. The van der Waals surface area contributed by atoms with Gasteiger partial charge in [0, 0.05) is 23.4 Å². The van der Waals surface area contributed by atoms with E-state index in [4.69, 9.17) is 0 Å². The zero-order valence-electron chi connectivity index (χ0n) is 19.5. The molecule has 0 bridgehead atoms. The Hall–Kier alpha value is -4.07. The fourth-order valence-electron chi connectivity index (χ4n) is 3.81. The molecule has 0 aliphatic heterocycles. The van der Waals surface area contributed by atoms with Crippen LogP contribution in [0.2, 0.25) is 0 Å². The summed E-state index contributed by atoms with van der Waals surface area (Å²) in [6.45, 7) is 0.352. The van der Waals surface area contributed by atoms with Crippen LogP contribution in [0.3, 0.4) is 0 Å². The van der Waals surface area contributed by atoms with Crippen LogP contribution in [0.1, 0.15) is 28.8 Å². The van der Waals surface area contributed by atoms with Crippen LogP contribution in [0.25, 0.3) is 21.6 Å². The monoisotopic (exact) mass is 498 g/mol. The number of carbonyl (C=O) groups excluding carboxylic acids is 2. The van der Waals surface area contributed by atoms with E-state index in [1.54, 1.807) is 23.5 Å². The number of nitrogens with one attached hydrogen (secondary N) is 2. The number of thiophene rings is 1. The number of rotatable bonds is 10. The zero-order chi connectivity index (χ0) is 25.3. The largest absolute Gasteiger partial charge is 0.480 e. The van der Waals surface area contributed by atoms with Crippen molar-refractivity contribution in [3.63, 3.8) is 0 Å². The summed E-state index contributed by atoms with van der Waals surface area (Å²) in [5, 5.41) is 17.0. The highest BCUT2D eigenvalue weighted by Gasteiger charge is 2.19. The van der Waals surface area contributed by atoms with E-state index in [1.165, 1.54) is 0 Å². The Morgan fingerprint density at radius 2 is 1.53 bits per heavy atom. The molecular formula is C29H26N2O4S. The van der Waals surface area contributed by atoms with Gasteiger partial charge in [-0.05, 0) is 58.3 Å². The van der Waals surface area contributed by atoms with Gasteiger partial charge in [-0.1, -0.05) is 66.7 Å². The number of amides is 2. The molecule has 0 aliphatic rings. The molecule has 3 N–H and O–H groups in total. The lowest BCUT2D eigenvalue weighted by molar-refractivity contribution is -0.139. The average Bonchev–Trinajstić information content (AvgIpc) is 3.44. The first kappa shape index (κ1) is 25.0. The molecule has 36 heavy (non-hydrogen) atoms. The van der Waals surface area contributed by atoms with Gasteiger partial charge in [0.25, 0.3) is 5.91 Å². The number of carbonyl (C=O) groups is 3. The molecule has 4 aromatic rings. The van der Waals surface area contributed by atoms with Gasteiger partial charge in [-0.3, -0.25) is 19.7 Å². The second-order valence-electron chi connectivity index (χ2n) is 8.31. The molecule has 0 aliphatic carbocycles. The summed E-state index contributed by atoms with van der Waals surface area (Å²) < 4.78 is 0. The Kier molecular flexibility index (Phi) is 8.39. The van der Waals surface area contributed by atoms with E-state index in [9.17, 15) is 19.5 Å². The summed E-state index contributed by atoms with van der Waals surface area (Å²) in [6, 6.07) is 27.8. The van der Waals surface area contributed by atoms with Crippen LogP contribution in [0.5, 0.6) is 0 Å². The number of imide groups is 1. The Morgan fingerprint density at radius 1 is 0.806 bits per heavy atom. The van der Waals surface area contributed by atoms with E-state index >= 15 is 0 Å². The Labute approximate surface area is 213 Å². The summed E-state index contributed by atoms with van der Waals surface area (Å²) in [5.41, 5.74) is 4.39. The molecule has 0 saturated carbocycles. The number of carboxylic acids is 1. The molecule has 1 heterocycles. The fourth-order valence-corrected chi connectivity index (χ4v) is 4.54. The summed E-state index contributed by atoms with van der Waals surface area (Å²) in [6.07, 6.45) is -0.0287. The van der Waals surface area contributed by atoms with Gasteiger partial charge in [0.05, 0.1) is 0 Å². The molecule has 4 rings (SSSR count). The molecule has 0 saturated heterocycles. The second kappa shape index (κ2) is 12.1. The van der Waals surface area contributed by atoms with Gasteiger partial charge in [0.15, 0.2) is 0 Å². The third-order valence-corrected chi connectivity index (χ3v) is 6.67. The molecule has 2 amide bonds. The van der Waals surface area contributed by atoms with Crippen molar-refractivity contribution < 1.29 is 19.5 Å². The maximum Gasteiger partial charge on any atom is 0.320 e. The molecule has 0 fully saturated rings. The SMILES string of the molecule is O=C(CC[C@H](NCc1cccc(-c2cccs2)c1)C(=O)O)NC(=O)c1ccc(-c2ccccc2)cc1. The lowest BCUT2D eigenvalue weighted by Gasteiger charge is -2.15. The average molecular weight is 499 g/mol. The van der Waals surface area contributed by atoms with Gasteiger partial charge in [0.1, 0.15) is 6.04 Å². The zero-order valence-corrected chi connectivity index (χ0v) is 20.3. The lowest BCUT2D eigenvalue weighted by Crippen LogP contribution is -2.38. The third-order valence-electron chi connectivity index (χ3n) is 5.75. The van der Waals surface area contributed by atoms with Crippen molar-refractivity contribution in [1.29, 1.82) is 0 Å². The Bertz CT molecular complexity index is 1320. The molecule has 0 radical (unpaired) electrons. The van der Waals surface area contributed by atoms with Crippen molar-refractivity contribution in [2.45, 2.75) is 25.4 Å². The van der Waals surface area contributed by atoms with Crippen LogP contribution in [-0.2, 0) is 16.1 Å². The predicted octanol–water partition coefficient (Wildman–Crippen LogP) is 5.36. The summed E-state index contributed by atoms with van der Waals surface area (Å²) >= 11 is 1.64. The normalized spacial score (nSPS) is 11.6. The first-order chi connectivity index (χ1) is 17.5. The maximum absolute atomic E-state index is 12.5. The number of aliphatic carboxylic acids is 1. The van der Waals surface area contributed by atoms with Crippen molar-refractivity contribution in [2.24, 2.45) is 0 Å². The van der Waals surface area contributed by atoms with Gasteiger partial charge < -0.3 is 10.4 Å². The third kappa shape index (κ3) is 6.75. The minimum absolute atomic E-state index is 0.0615. The van der Waals surface area contributed by atoms with Crippen LogP contribution >= 0.6 is 11.3 Å². The number of benzene rings is 3. The van der Waals surface area contributed by atoms with Crippen LogP contribution in [0, 0.1) is 0 Å². The van der Waals surface area contributed by atoms with Crippen molar-refractivity contribution in [1.82, 2.24) is 10.6 Å². The van der Waals surface area contributed by atoms with Gasteiger partial charge in [-0.25, -0.2) is 0 Å². The van der Waals surface area contributed by atoms with Crippen LogP contribution in [-0.4, -0.2) is 28.9 Å². The Morgan fingerprint density at radius 3 is 2.22 bits per heavy atom. The highest BCUT2D eigenvalue weighted by atomic mass is 32.1. The van der Waals surface area contributed by atoms with Crippen LogP contribution in [0.4, 0.5) is 0 Å². The number of hydrogen-bond acceptors (Lipinski definition) is 5. The standard InChI is InChI=1S/C29H26N2O4S/c32-27(31-28(33)23-13-11-22(12-14-23)21-7-2-1-3-8-21)16-15-25(29(34)35)30-19-20-6-4-9-24(18-20)26-10-5-17-36-26/h1-14,17-18,25,30H,15-16,19H2,(H,34,35)(H,31,32,33)/t25-/m0/s1. The predicted molar refractivity (Wildman–Crippen MR) is 142 cm³/mol. The van der Waals surface area contributed by atoms with E-state index in [0.717, 1.165) is 27.1 Å². The molecule has 1 atom stereocenters. The fraction of sp³-hybridized carbons (Fsp3) is 0.138. The molecule has 6 nitrogen and oxygen atoms in total. The van der Waals surface area contributed by atoms with E-state index in [2.05, 4.69) is 10.6 Å². The lowest BCUT2D eigenvalue weighted by atomic mass is 10.0. The molecule has 182 valence electrons. The maximum atomic E-state index is 12.5. The van der Waals surface area contributed by atoms with Gasteiger partial charge >= 0.3 is 5.97 Å². The van der Waals surface area contributed by atoms with Gasteiger partial charge in [-0.2, -0.15) is 0 Å². The molecule has 7 heteroatoms. The summed E-state index contributed by atoms with van der Waals surface area (Å²) in [4.78, 5) is 37.7. The van der Waals surface area contributed by atoms with Crippen LogP contribution in [0.15, 0.2) is 96.4 Å². The number of carboxylic acid groups (broad SMARTS) is 1. The van der Waals surface area contributed by atoms with E-state index in [1.807, 2.05) is 84.2 Å². The molecular weight excluding hydrogens is 472 g/mol. The second-order valence-corrected chi connectivity index (χ2v) is 9.26. The first-order valence-electron chi connectivity index (χ1n) is 11.6. The molecule has 0 unspecified atom stereocenters. The van der Waals surface area contributed by atoms with Crippen molar-refractivity contribution in [3.05, 3.63) is 108 Å². The van der Waals surface area contributed by atoms with Gasteiger partial charge in [-0.15, -0.1) is 11.3 Å². The molecule has 1 aromatic heterocycles. The molecule has 3 aromatic carbocycles. The van der Waals surface area contributed by atoms with Crippen molar-refractivity contribution in [2.75, 3.05) is 0 Å². The summed E-state index contributed by atoms with van der Waals surface area (Å²) in [7, 11) is 0. The minimum Gasteiger partial charge on any atom is -0.480 e. The van der Waals surface area contributed by atoms with Crippen LogP contribution < -0.4 is 10.6 Å². The van der Waals surface area contributed by atoms with E-state index < -0.39 is 23.8 Å². The summed E-state index contributed by atoms with van der Waals surface area (Å²) in [5.74, 6) is -2.07. The first-order valence-corrected chi connectivity index (χ1v) is 12.5. The Balaban J connectivity index is 1.28. The highest BCUT2D eigenvalue weighted by Crippen LogP contribution is 2.25. The smallest absolute Gasteiger partial charge is 0.320 e. The number of hydrogen-bond donors (Lipinski definition) is 3. The van der Waals surface area contributed by atoms with Crippen molar-refractivity contribution >= 4 is 29.1 Å². The van der Waals surface area contributed by atoms with E-state index in [0.29, 0.717) is 12.1 Å². The molecule has 0 spiro atoms. The van der Waals surface area contributed by atoms with Crippen molar-refractivity contribution in [3.8, 4) is 21.6 Å². The minimum atomic E-state index is -1.04.